The monoisotopic (exact) mass is 362 g/mol. The third kappa shape index (κ3) is 3.79. The van der Waals surface area contributed by atoms with Crippen molar-refractivity contribution >= 4 is 28.6 Å². The molecule has 4 nitrogen and oxygen atoms in total. The first kappa shape index (κ1) is 16.8. The van der Waals surface area contributed by atoms with Crippen molar-refractivity contribution in [1.29, 1.82) is 0 Å². The number of amides is 1. The number of nitrogens with one attached hydrogen (secondary N) is 1. The number of anilines is 2. The first-order chi connectivity index (χ1) is 12.8. The molecular formula is C21H20N3OS. The quantitative estimate of drug-likeness (QED) is 0.757. The minimum atomic E-state index is -0.0695. The molecule has 1 N–H and O–H groups in total. The fraction of sp³-hybridized carbons (Fsp3) is 0.190. The van der Waals surface area contributed by atoms with E-state index < -0.39 is 0 Å². The fourth-order valence-electron chi connectivity index (χ4n) is 3.17. The van der Waals surface area contributed by atoms with Crippen LogP contribution in [0.15, 0.2) is 71.4 Å². The van der Waals surface area contributed by atoms with Crippen LogP contribution in [0.25, 0.3) is 0 Å². The zero-order chi connectivity index (χ0) is 17.8. The molecule has 4 rings (SSSR count). The number of nitrogens with zero attached hydrogens (tertiary/aromatic N) is 2. The number of thiophene rings is 1. The van der Waals surface area contributed by atoms with E-state index in [2.05, 4.69) is 46.6 Å². The van der Waals surface area contributed by atoms with Crippen LogP contribution in [0.1, 0.15) is 22.0 Å². The number of hydrogen-bond donors (Lipinski definition) is 1. The van der Waals surface area contributed by atoms with Crippen molar-refractivity contribution in [2.24, 2.45) is 0 Å². The summed E-state index contributed by atoms with van der Waals surface area (Å²) in [6, 6.07) is 20.5. The van der Waals surface area contributed by atoms with Gasteiger partial charge in [-0.25, -0.2) is 5.32 Å². The molecule has 0 bridgehead atoms. The molecule has 3 aromatic rings. The van der Waals surface area contributed by atoms with E-state index in [0.717, 1.165) is 31.0 Å². The van der Waals surface area contributed by atoms with Gasteiger partial charge in [0.05, 0.1) is 11.6 Å². The lowest BCUT2D eigenvalue weighted by molar-refractivity contribution is 0.102. The van der Waals surface area contributed by atoms with Crippen molar-refractivity contribution in [1.82, 2.24) is 5.32 Å². The van der Waals surface area contributed by atoms with Gasteiger partial charge in [-0.2, -0.15) is 11.3 Å². The summed E-state index contributed by atoms with van der Waals surface area (Å²) in [4.78, 5) is 14.5. The minimum absolute atomic E-state index is 0.0695. The van der Waals surface area contributed by atoms with E-state index in [1.807, 2.05) is 35.0 Å². The van der Waals surface area contributed by atoms with Crippen LogP contribution in [0.3, 0.4) is 0 Å². The second-order valence-electron chi connectivity index (χ2n) is 6.29. The molecular weight excluding hydrogens is 342 g/mol. The van der Waals surface area contributed by atoms with Crippen LogP contribution in [-0.4, -0.2) is 25.5 Å². The normalized spacial score (nSPS) is 17.1. The van der Waals surface area contributed by atoms with Crippen molar-refractivity contribution in [3.63, 3.8) is 0 Å². The van der Waals surface area contributed by atoms with Gasteiger partial charge in [0.2, 0.25) is 0 Å². The standard InChI is InChI=1S/C21H20N3OS/c25-21(17-10-13-26-15-17)23-18-6-8-19(9-7-18)24-12-11-22-20(14-24)16-4-2-1-3-5-16/h1-10,13,15,20H,11-12,14H2,(H,23,25). The Morgan fingerprint density at radius 1 is 1.08 bits per heavy atom. The predicted octanol–water partition coefficient (Wildman–Crippen LogP) is 4.17. The van der Waals surface area contributed by atoms with Gasteiger partial charge in [0.25, 0.3) is 5.91 Å². The first-order valence-corrected chi connectivity index (χ1v) is 9.64. The number of carbonyl (C=O) groups excluding carboxylic acids is 1. The van der Waals surface area contributed by atoms with E-state index in [9.17, 15) is 4.79 Å². The summed E-state index contributed by atoms with van der Waals surface area (Å²) in [5.41, 5.74) is 3.93. The highest BCUT2D eigenvalue weighted by Gasteiger charge is 2.22. The van der Waals surface area contributed by atoms with Gasteiger partial charge < -0.3 is 10.2 Å². The lowest BCUT2D eigenvalue weighted by atomic mass is 10.0. The fourth-order valence-corrected chi connectivity index (χ4v) is 3.80. The first-order valence-electron chi connectivity index (χ1n) is 8.70. The maximum Gasteiger partial charge on any atom is 0.256 e. The van der Waals surface area contributed by atoms with E-state index in [4.69, 9.17) is 5.32 Å². The van der Waals surface area contributed by atoms with Crippen LogP contribution >= 0.6 is 11.3 Å². The largest absolute Gasteiger partial charge is 0.368 e. The SMILES string of the molecule is O=C(Nc1ccc(N2CC[N]C(c3ccccc3)C2)cc1)c1ccsc1. The van der Waals surface area contributed by atoms with Crippen LogP contribution in [0.2, 0.25) is 0 Å². The Hall–Kier alpha value is -2.63. The van der Waals surface area contributed by atoms with E-state index >= 15 is 0 Å². The van der Waals surface area contributed by atoms with Crippen LogP contribution in [0.4, 0.5) is 11.4 Å². The molecule has 131 valence electrons. The van der Waals surface area contributed by atoms with Gasteiger partial charge in [-0.3, -0.25) is 4.79 Å². The van der Waals surface area contributed by atoms with Gasteiger partial charge in [0, 0.05) is 36.4 Å². The van der Waals surface area contributed by atoms with Crippen molar-refractivity contribution in [3.05, 3.63) is 82.6 Å². The minimum Gasteiger partial charge on any atom is -0.368 e. The van der Waals surface area contributed by atoms with E-state index in [1.54, 1.807) is 0 Å². The number of piperazine rings is 1. The zero-order valence-electron chi connectivity index (χ0n) is 14.3. The maximum atomic E-state index is 12.1. The Bertz CT molecular complexity index is 847. The number of hydrogen-bond acceptors (Lipinski definition) is 3. The molecule has 0 spiro atoms. The van der Waals surface area contributed by atoms with Gasteiger partial charge in [0.15, 0.2) is 0 Å². The summed E-state index contributed by atoms with van der Waals surface area (Å²) in [7, 11) is 0. The molecule has 26 heavy (non-hydrogen) atoms. The highest BCUT2D eigenvalue weighted by molar-refractivity contribution is 7.08. The molecule has 0 aliphatic carbocycles. The number of rotatable bonds is 4. The summed E-state index contributed by atoms with van der Waals surface area (Å²) in [5, 5.41) is 11.5. The maximum absolute atomic E-state index is 12.1. The number of benzene rings is 2. The van der Waals surface area contributed by atoms with Gasteiger partial charge in [-0.15, -0.1) is 0 Å². The van der Waals surface area contributed by atoms with Crippen LogP contribution in [0, 0.1) is 0 Å². The van der Waals surface area contributed by atoms with Crippen molar-refractivity contribution in [3.8, 4) is 0 Å². The highest BCUT2D eigenvalue weighted by atomic mass is 32.1. The Kier molecular flexibility index (Phi) is 5.00. The second-order valence-corrected chi connectivity index (χ2v) is 7.07. The molecule has 1 aromatic heterocycles. The molecule has 2 heterocycles. The zero-order valence-corrected chi connectivity index (χ0v) is 15.2. The lowest BCUT2D eigenvalue weighted by Crippen LogP contribution is -2.42. The Labute approximate surface area is 157 Å². The van der Waals surface area contributed by atoms with Gasteiger partial charge >= 0.3 is 0 Å². The molecule has 1 aliphatic heterocycles. The average Bonchev–Trinajstić information content (AvgIpc) is 3.24. The molecule has 5 heteroatoms. The molecule has 1 saturated heterocycles. The average molecular weight is 362 g/mol. The summed E-state index contributed by atoms with van der Waals surface area (Å²) >= 11 is 1.52. The van der Waals surface area contributed by atoms with Crippen LogP contribution in [-0.2, 0) is 0 Å². The Morgan fingerprint density at radius 2 is 1.88 bits per heavy atom. The lowest BCUT2D eigenvalue weighted by Gasteiger charge is -2.34. The molecule has 1 aliphatic rings. The highest BCUT2D eigenvalue weighted by Crippen LogP contribution is 2.25. The van der Waals surface area contributed by atoms with Crippen LogP contribution < -0.4 is 15.5 Å². The van der Waals surface area contributed by atoms with E-state index in [-0.39, 0.29) is 11.9 Å². The Balaban J connectivity index is 1.42. The summed E-state index contributed by atoms with van der Waals surface area (Å²) in [5.74, 6) is -0.0695. The summed E-state index contributed by atoms with van der Waals surface area (Å²) in [6.07, 6.45) is 0. The molecule has 1 amide bonds. The third-order valence-corrected chi connectivity index (χ3v) is 5.25. The number of carbonyl (C=O) groups is 1. The Morgan fingerprint density at radius 3 is 2.62 bits per heavy atom. The second kappa shape index (κ2) is 7.72. The molecule has 1 atom stereocenters. The molecule has 1 fully saturated rings. The van der Waals surface area contributed by atoms with E-state index in [1.165, 1.54) is 16.9 Å². The van der Waals surface area contributed by atoms with Crippen molar-refractivity contribution < 1.29 is 4.79 Å². The molecule has 0 saturated carbocycles. The van der Waals surface area contributed by atoms with Crippen LogP contribution in [0.5, 0.6) is 0 Å². The van der Waals surface area contributed by atoms with Crippen molar-refractivity contribution in [2.45, 2.75) is 6.04 Å². The van der Waals surface area contributed by atoms with Gasteiger partial charge in [-0.1, -0.05) is 30.3 Å². The smallest absolute Gasteiger partial charge is 0.256 e. The van der Waals surface area contributed by atoms with E-state index in [0.29, 0.717) is 5.56 Å². The van der Waals surface area contributed by atoms with Gasteiger partial charge in [-0.05, 0) is 41.3 Å². The predicted molar refractivity (Wildman–Crippen MR) is 107 cm³/mol. The summed E-state index contributed by atoms with van der Waals surface area (Å²) < 4.78 is 0. The summed E-state index contributed by atoms with van der Waals surface area (Å²) in [6.45, 7) is 2.63. The molecule has 1 unspecified atom stereocenters. The molecule has 2 aromatic carbocycles. The third-order valence-electron chi connectivity index (χ3n) is 4.57. The van der Waals surface area contributed by atoms with Crippen molar-refractivity contribution in [2.75, 3.05) is 29.9 Å². The van der Waals surface area contributed by atoms with Gasteiger partial charge in [0.1, 0.15) is 0 Å². The topological polar surface area (TPSA) is 46.4 Å². The molecule has 1 radical (unpaired) electrons.